The fourth-order valence-electron chi connectivity index (χ4n) is 2.29. The normalized spacial score (nSPS) is 11.5. The van der Waals surface area contributed by atoms with Crippen LogP contribution in [0.3, 0.4) is 0 Å². The molecule has 0 aromatic carbocycles. The molecule has 0 aliphatic heterocycles. The van der Waals surface area contributed by atoms with E-state index in [-0.39, 0.29) is 29.2 Å². The van der Waals surface area contributed by atoms with Crippen molar-refractivity contribution < 1.29 is 13.2 Å². The first kappa shape index (κ1) is 20.2. The fourth-order valence-corrected chi connectivity index (χ4v) is 2.29. The molecule has 0 fully saturated rings. The average Bonchev–Trinajstić information content (AvgIpc) is 2.66. The van der Waals surface area contributed by atoms with Gasteiger partial charge in [-0.25, -0.2) is 4.98 Å². The number of anilines is 4. The van der Waals surface area contributed by atoms with E-state index in [1.54, 1.807) is 18.2 Å². The largest absolute Gasteiger partial charge is 0.433 e. The lowest BCUT2D eigenvalue weighted by molar-refractivity contribution is -0.141. The summed E-state index contributed by atoms with van der Waals surface area (Å²) < 4.78 is 38.7. The number of pyridine rings is 2. The lowest BCUT2D eigenvalue weighted by atomic mass is 10.2. The van der Waals surface area contributed by atoms with Crippen LogP contribution >= 0.6 is 0 Å². The van der Waals surface area contributed by atoms with E-state index in [2.05, 4.69) is 35.6 Å². The van der Waals surface area contributed by atoms with Crippen molar-refractivity contribution in [1.29, 1.82) is 0 Å². The second kappa shape index (κ2) is 8.25. The van der Waals surface area contributed by atoms with Crippen LogP contribution in [0.5, 0.6) is 0 Å². The summed E-state index contributed by atoms with van der Waals surface area (Å²) in [6, 6.07) is 7.27. The van der Waals surface area contributed by atoms with E-state index in [0.29, 0.717) is 18.2 Å². The van der Waals surface area contributed by atoms with Gasteiger partial charge in [0.05, 0.1) is 0 Å². The molecule has 3 heterocycles. The highest BCUT2D eigenvalue weighted by Gasteiger charge is 2.32. The summed E-state index contributed by atoms with van der Waals surface area (Å²) >= 11 is 0. The second-order valence-electron chi connectivity index (χ2n) is 6.58. The minimum Gasteiger partial charge on any atom is -0.384 e. The molecule has 0 aliphatic carbocycles. The summed E-state index contributed by atoms with van der Waals surface area (Å²) in [5.41, 5.74) is 5.25. The molecule has 4 N–H and O–H groups in total. The number of rotatable bonds is 6. The molecule has 0 spiro atoms. The molecule has 0 saturated carbocycles. The van der Waals surface area contributed by atoms with Crippen LogP contribution in [0.4, 0.5) is 36.6 Å². The Bertz CT molecular complexity index is 991. The maximum Gasteiger partial charge on any atom is 0.433 e. The van der Waals surface area contributed by atoms with E-state index in [0.717, 1.165) is 12.3 Å². The monoisotopic (exact) mass is 404 g/mol. The van der Waals surface area contributed by atoms with Gasteiger partial charge in [0.2, 0.25) is 11.9 Å². The number of alkyl halides is 3. The molecule has 0 amide bonds. The van der Waals surface area contributed by atoms with Gasteiger partial charge in [-0.15, -0.1) is 0 Å². The quantitative estimate of drug-likeness (QED) is 0.569. The third-order valence-corrected chi connectivity index (χ3v) is 3.61. The zero-order valence-electron chi connectivity index (χ0n) is 15.7. The molecule has 0 unspecified atom stereocenters. The van der Waals surface area contributed by atoms with Gasteiger partial charge in [0.1, 0.15) is 17.2 Å². The first-order valence-electron chi connectivity index (χ1n) is 8.74. The van der Waals surface area contributed by atoms with Crippen molar-refractivity contribution in [1.82, 2.24) is 24.9 Å². The Balaban J connectivity index is 1.97. The Morgan fingerprint density at radius 2 is 1.79 bits per heavy atom. The number of hydrogen-bond acceptors (Lipinski definition) is 8. The number of nitrogens with two attached hydrogens (primary N) is 1. The van der Waals surface area contributed by atoms with Gasteiger partial charge in [0.25, 0.3) is 0 Å². The maximum atomic E-state index is 12.9. The summed E-state index contributed by atoms with van der Waals surface area (Å²) in [4.78, 5) is 20.4. The highest BCUT2D eigenvalue weighted by Crippen LogP contribution is 2.29. The summed E-state index contributed by atoms with van der Waals surface area (Å²) in [6.45, 7) is 4.63. The zero-order valence-corrected chi connectivity index (χ0v) is 15.7. The van der Waals surface area contributed by atoms with Crippen LogP contribution in [-0.4, -0.2) is 31.5 Å². The van der Waals surface area contributed by atoms with Crippen molar-refractivity contribution in [2.24, 2.45) is 5.92 Å². The summed E-state index contributed by atoms with van der Waals surface area (Å²) in [5, 5.41) is 5.85. The Labute approximate surface area is 164 Å². The molecule has 29 heavy (non-hydrogen) atoms. The third kappa shape index (κ3) is 5.50. The highest BCUT2D eigenvalue weighted by atomic mass is 19.4. The molecule has 0 bridgehead atoms. The SMILES string of the molecule is CC(C)CNc1nc(Nc2ccnc(C(F)(F)F)c2)nc(-c2cccc(N)n2)n1. The van der Waals surface area contributed by atoms with Crippen LogP contribution < -0.4 is 16.4 Å². The van der Waals surface area contributed by atoms with Gasteiger partial charge < -0.3 is 16.4 Å². The van der Waals surface area contributed by atoms with Crippen LogP contribution in [0, 0.1) is 5.92 Å². The van der Waals surface area contributed by atoms with Crippen molar-refractivity contribution in [2.45, 2.75) is 20.0 Å². The molecule has 8 nitrogen and oxygen atoms in total. The molecule has 0 saturated heterocycles. The first-order valence-corrected chi connectivity index (χ1v) is 8.74. The molecule has 3 aromatic heterocycles. The highest BCUT2D eigenvalue weighted by molar-refractivity contribution is 5.59. The average molecular weight is 404 g/mol. The Morgan fingerprint density at radius 1 is 1.03 bits per heavy atom. The lowest BCUT2D eigenvalue weighted by Gasteiger charge is -2.12. The Hall–Kier alpha value is -3.50. The van der Waals surface area contributed by atoms with Gasteiger partial charge in [-0.2, -0.15) is 28.1 Å². The number of halogens is 3. The summed E-state index contributed by atoms with van der Waals surface area (Å²) in [6.07, 6.45) is -3.50. The van der Waals surface area contributed by atoms with Crippen molar-refractivity contribution in [2.75, 3.05) is 22.9 Å². The molecule has 3 rings (SSSR count). The number of nitrogens with zero attached hydrogens (tertiary/aromatic N) is 5. The van der Waals surface area contributed by atoms with Crippen molar-refractivity contribution in [3.05, 3.63) is 42.2 Å². The number of nitrogens with one attached hydrogen (secondary N) is 2. The van der Waals surface area contributed by atoms with Crippen molar-refractivity contribution >= 4 is 23.4 Å². The molecular formula is C18H19F3N8. The van der Waals surface area contributed by atoms with E-state index >= 15 is 0 Å². The van der Waals surface area contributed by atoms with Crippen molar-refractivity contribution in [3.8, 4) is 11.5 Å². The molecule has 0 aliphatic rings. The number of hydrogen-bond donors (Lipinski definition) is 3. The lowest BCUT2D eigenvalue weighted by Crippen LogP contribution is -2.13. The molecule has 152 valence electrons. The standard InChI is InChI=1S/C18H19F3N8/c1-10(2)9-24-16-27-15(12-4-3-5-14(22)26-12)28-17(29-16)25-11-6-7-23-13(8-11)18(19,20)21/h3-8,10H,9H2,1-2H3,(H2,22,26)(H2,23,24,25,27,28,29). The molecule has 11 heteroatoms. The summed E-state index contributed by atoms with van der Waals surface area (Å²) in [5.74, 6) is 1.17. The van der Waals surface area contributed by atoms with Gasteiger partial charge in [0.15, 0.2) is 5.82 Å². The van der Waals surface area contributed by atoms with Gasteiger partial charge in [-0.3, -0.25) is 4.98 Å². The van der Waals surface area contributed by atoms with E-state index in [4.69, 9.17) is 5.73 Å². The Kier molecular flexibility index (Phi) is 5.76. The molecule has 3 aromatic rings. The topological polar surface area (TPSA) is 115 Å². The summed E-state index contributed by atoms with van der Waals surface area (Å²) in [7, 11) is 0. The van der Waals surface area contributed by atoms with Gasteiger partial charge in [-0.05, 0) is 30.2 Å². The second-order valence-corrected chi connectivity index (χ2v) is 6.58. The predicted molar refractivity (Wildman–Crippen MR) is 103 cm³/mol. The minimum absolute atomic E-state index is 0.0600. The third-order valence-electron chi connectivity index (χ3n) is 3.61. The van der Waals surface area contributed by atoms with E-state index < -0.39 is 11.9 Å². The zero-order chi connectivity index (χ0) is 21.0. The van der Waals surface area contributed by atoms with E-state index in [9.17, 15) is 13.2 Å². The molecule has 0 atom stereocenters. The fraction of sp³-hybridized carbons (Fsp3) is 0.278. The predicted octanol–water partition coefficient (Wildman–Crippen LogP) is 3.74. The molecule has 0 radical (unpaired) electrons. The van der Waals surface area contributed by atoms with E-state index in [1.807, 2.05) is 13.8 Å². The van der Waals surface area contributed by atoms with Crippen LogP contribution in [-0.2, 0) is 6.18 Å². The molecular weight excluding hydrogens is 385 g/mol. The number of nitrogen functional groups attached to an aromatic ring is 1. The van der Waals surface area contributed by atoms with Gasteiger partial charge >= 0.3 is 6.18 Å². The van der Waals surface area contributed by atoms with Gasteiger partial charge in [0, 0.05) is 18.4 Å². The van der Waals surface area contributed by atoms with Crippen LogP contribution in [0.15, 0.2) is 36.5 Å². The van der Waals surface area contributed by atoms with Crippen molar-refractivity contribution in [3.63, 3.8) is 0 Å². The maximum absolute atomic E-state index is 12.9. The Morgan fingerprint density at radius 3 is 2.48 bits per heavy atom. The minimum atomic E-state index is -4.56. The van der Waals surface area contributed by atoms with Crippen LogP contribution in [0.2, 0.25) is 0 Å². The first-order chi connectivity index (χ1) is 13.7. The van der Waals surface area contributed by atoms with Crippen LogP contribution in [0.25, 0.3) is 11.5 Å². The van der Waals surface area contributed by atoms with Crippen LogP contribution in [0.1, 0.15) is 19.5 Å². The van der Waals surface area contributed by atoms with Gasteiger partial charge in [-0.1, -0.05) is 19.9 Å². The number of aromatic nitrogens is 5. The smallest absolute Gasteiger partial charge is 0.384 e. The van der Waals surface area contributed by atoms with E-state index in [1.165, 1.54) is 6.07 Å².